The number of anilines is 2. The molecule has 0 saturated carbocycles. The lowest BCUT2D eigenvalue weighted by Gasteiger charge is -2.34. The van der Waals surface area contributed by atoms with Crippen LogP contribution in [-0.2, 0) is 16.4 Å². The number of para-hydroxylation sites is 1. The van der Waals surface area contributed by atoms with E-state index in [1.54, 1.807) is 6.07 Å². The molecule has 1 aliphatic rings. The Bertz CT molecular complexity index is 928. The molecule has 0 amide bonds. The molecule has 3 rings (SSSR count). The summed E-state index contributed by atoms with van der Waals surface area (Å²) >= 11 is 1.53. The zero-order valence-corrected chi connectivity index (χ0v) is 18.4. The number of hydrogen-bond acceptors (Lipinski definition) is 5. The molecule has 1 unspecified atom stereocenters. The third kappa shape index (κ3) is 4.24. The highest BCUT2D eigenvalue weighted by Crippen LogP contribution is 2.44. The van der Waals surface area contributed by atoms with E-state index in [1.165, 1.54) is 11.8 Å². The summed E-state index contributed by atoms with van der Waals surface area (Å²) in [5.74, 6) is 0.125. The normalized spacial score (nSPS) is 21.2. The molecule has 2 aromatic carbocycles. The lowest BCUT2D eigenvalue weighted by Crippen LogP contribution is -2.35. The minimum Gasteiger partial charge on any atom is -0.392 e. The van der Waals surface area contributed by atoms with Crippen LogP contribution in [0, 0.1) is 5.41 Å². The molecule has 6 heteroatoms. The van der Waals surface area contributed by atoms with E-state index in [0.29, 0.717) is 22.7 Å². The molecule has 0 aliphatic carbocycles. The van der Waals surface area contributed by atoms with Crippen molar-refractivity contribution < 1.29 is 13.5 Å². The van der Waals surface area contributed by atoms with Crippen molar-refractivity contribution >= 4 is 33.0 Å². The number of aliphatic hydroxyl groups excluding tert-OH is 1. The first-order valence-corrected chi connectivity index (χ1v) is 12.6. The van der Waals surface area contributed by atoms with Gasteiger partial charge in [0.05, 0.1) is 22.9 Å². The summed E-state index contributed by atoms with van der Waals surface area (Å²) in [6.45, 7) is 4.70. The number of sulfone groups is 1. The standard InChI is InChI=1S/C22H29NO3S2/c1-4-5-11-22(2)15-23(18-9-7-6-8-10-18)19-13-20(27-3)17(14-24)12-21(19)28(25,26)16-22/h6-10,12-13,24H,4-5,11,14-16H2,1-3H3. The third-order valence-corrected chi connectivity index (χ3v) is 8.33. The number of fused-ring (bicyclic) bond motifs is 1. The Hall–Kier alpha value is -1.50. The van der Waals surface area contributed by atoms with Gasteiger partial charge in [-0.2, -0.15) is 0 Å². The fraction of sp³-hybridized carbons (Fsp3) is 0.455. The minimum atomic E-state index is -3.48. The number of benzene rings is 2. The molecule has 2 aromatic rings. The van der Waals surface area contributed by atoms with Crippen LogP contribution in [0.25, 0.3) is 0 Å². The van der Waals surface area contributed by atoms with Crippen LogP contribution in [0.3, 0.4) is 0 Å². The van der Waals surface area contributed by atoms with Crippen LogP contribution in [0.15, 0.2) is 52.3 Å². The van der Waals surface area contributed by atoms with Gasteiger partial charge < -0.3 is 10.0 Å². The van der Waals surface area contributed by atoms with E-state index in [4.69, 9.17) is 0 Å². The fourth-order valence-electron chi connectivity index (χ4n) is 4.01. The Morgan fingerprint density at radius 1 is 1.21 bits per heavy atom. The molecular formula is C22H29NO3S2. The minimum absolute atomic E-state index is 0.125. The fourth-order valence-corrected chi connectivity index (χ4v) is 6.74. The summed E-state index contributed by atoms with van der Waals surface area (Å²) in [5, 5.41) is 9.77. The van der Waals surface area contributed by atoms with Crippen molar-refractivity contribution in [1.82, 2.24) is 0 Å². The summed E-state index contributed by atoms with van der Waals surface area (Å²) in [5.41, 5.74) is 2.03. The van der Waals surface area contributed by atoms with E-state index in [2.05, 4.69) is 18.7 Å². The Morgan fingerprint density at radius 3 is 2.54 bits per heavy atom. The van der Waals surface area contributed by atoms with Crippen molar-refractivity contribution in [2.24, 2.45) is 5.41 Å². The molecule has 1 N–H and O–H groups in total. The van der Waals surface area contributed by atoms with Crippen molar-refractivity contribution in [2.75, 3.05) is 23.5 Å². The zero-order valence-electron chi connectivity index (χ0n) is 16.8. The van der Waals surface area contributed by atoms with Gasteiger partial charge in [0.1, 0.15) is 0 Å². The Kier molecular flexibility index (Phi) is 6.42. The van der Waals surface area contributed by atoms with Crippen LogP contribution in [-0.4, -0.2) is 32.1 Å². The van der Waals surface area contributed by atoms with Crippen molar-refractivity contribution in [3.8, 4) is 0 Å². The third-order valence-electron chi connectivity index (χ3n) is 5.44. The quantitative estimate of drug-likeness (QED) is 0.666. The van der Waals surface area contributed by atoms with E-state index in [-0.39, 0.29) is 17.8 Å². The maximum absolute atomic E-state index is 13.4. The molecule has 1 atom stereocenters. The molecule has 1 heterocycles. The van der Waals surface area contributed by atoms with Crippen LogP contribution in [0.5, 0.6) is 0 Å². The van der Waals surface area contributed by atoms with E-state index in [9.17, 15) is 13.5 Å². The maximum atomic E-state index is 13.4. The molecule has 0 saturated heterocycles. The van der Waals surface area contributed by atoms with Gasteiger partial charge in [0.25, 0.3) is 0 Å². The van der Waals surface area contributed by atoms with Gasteiger partial charge >= 0.3 is 0 Å². The summed E-state index contributed by atoms with van der Waals surface area (Å²) in [6, 6.07) is 13.6. The highest BCUT2D eigenvalue weighted by molar-refractivity contribution is 7.98. The average Bonchev–Trinajstić information content (AvgIpc) is 2.78. The van der Waals surface area contributed by atoms with Crippen LogP contribution in [0.1, 0.15) is 38.7 Å². The van der Waals surface area contributed by atoms with Gasteiger partial charge in [-0.25, -0.2) is 8.42 Å². The van der Waals surface area contributed by atoms with Gasteiger partial charge in [0.2, 0.25) is 0 Å². The van der Waals surface area contributed by atoms with Gasteiger partial charge in [-0.1, -0.05) is 44.9 Å². The summed E-state index contributed by atoms with van der Waals surface area (Å²) < 4.78 is 26.8. The van der Waals surface area contributed by atoms with E-state index in [1.807, 2.05) is 42.7 Å². The highest BCUT2D eigenvalue weighted by atomic mass is 32.2. The molecule has 0 aromatic heterocycles. The lowest BCUT2D eigenvalue weighted by molar-refractivity contribution is 0.278. The largest absolute Gasteiger partial charge is 0.392 e. The van der Waals surface area contributed by atoms with E-state index in [0.717, 1.165) is 29.8 Å². The van der Waals surface area contributed by atoms with Crippen molar-refractivity contribution in [3.05, 3.63) is 48.0 Å². The van der Waals surface area contributed by atoms with Gasteiger partial charge in [-0.15, -0.1) is 11.8 Å². The number of unbranched alkanes of at least 4 members (excludes halogenated alkanes) is 1. The SMILES string of the molecule is CCCCC1(C)CN(c2ccccc2)c2cc(SC)c(CO)cc2S(=O)(=O)C1. The van der Waals surface area contributed by atoms with Crippen LogP contribution in [0.2, 0.25) is 0 Å². The number of aliphatic hydroxyl groups is 1. The van der Waals surface area contributed by atoms with Gasteiger partial charge in [-0.05, 0) is 47.9 Å². The molecule has 1 aliphatic heterocycles. The first-order chi connectivity index (χ1) is 13.3. The van der Waals surface area contributed by atoms with Crippen LogP contribution >= 0.6 is 11.8 Å². The summed E-state index contributed by atoms with van der Waals surface area (Å²) in [6.07, 6.45) is 4.86. The lowest BCUT2D eigenvalue weighted by atomic mass is 9.86. The van der Waals surface area contributed by atoms with Gasteiger partial charge in [0, 0.05) is 17.1 Å². The topological polar surface area (TPSA) is 57.6 Å². The van der Waals surface area contributed by atoms with Crippen molar-refractivity contribution in [1.29, 1.82) is 0 Å². The Balaban J connectivity index is 2.24. The second-order valence-electron chi connectivity index (χ2n) is 7.88. The van der Waals surface area contributed by atoms with Gasteiger partial charge in [-0.3, -0.25) is 0 Å². The second-order valence-corrected chi connectivity index (χ2v) is 10.7. The highest BCUT2D eigenvalue weighted by Gasteiger charge is 2.39. The smallest absolute Gasteiger partial charge is 0.181 e. The zero-order chi connectivity index (χ0) is 20.4. The summed E-state index contributed by atoms with van der Waals surface area (Å²) in [4.78, 5) is 3.39. The molecule has 28 heavy (non-hydrogen) atoms. The predicted molar refractivity (Wildman–Crippen MR) is 117 cm³/mol. The Labute approximate surface area is 172 Å². The molecule has 4 nitrogen and oxygen atoms in total. The first-order valence-electron chi connectivity index (χ1n) is 9.70. The number of hydrogen-bond donors (Lipinski definition) is 1. The van der Waals surface area contributed by atoms with E-state index >= 15 is 0 Å². The number of thioether (sulfide) groups is 1. The molecule has 0 radical (unpaired) electrons. The summed E-state index contributed by atoms with van der Waals surface area (Å²) in [7, 11) is -3.48. The van der Waals surface area contributed by atoms with Crippen LogP contribution < -0.4 is 4.90 Å². The van der Waals surface area contributed by atoms with E-state index < -0.39 is 9.84 Å². The first kappa shape index (κ1) is 21.2. The van der Waals surface area contributed by atoms with Gasteiger partial charge in [0.15, 0.2) is 9.84 Å². The maximum Gasteiger partial charge on any atom is 0.181 e. The number of nitrogens with zero attached hydrogens (tertiary/aromatic N) is 1. The monoisotopic (exact) mass is 419 g/mol. The van der Waals surface area contributed by atoms with Crippen LogP contribution in [0.4, 0.5) is 11.4 Å². The molecular weight excluding hydrogens is 390 g/mol. The number of rotatable bonds is 6. The van der Waals surface area contributed by atoms with Crippen molar-refractivity contribution in [3.63, 3.8) is 0 Å². The molecule has 0 fully saturated rings. The molecule has 0 spiro atoms. The average molecular weight is 420 g/mol. The van der Waals surface area contributed by atoms with Crippen molar-refractivity contribution in [2.45, 2.75) is 49.5 Å². The predicted octanol–water partition coefficient (Wildman–Crippen LogP) is 5.02. The Morgan fingerprint density at radius 2 is 1.93 bits per heavy atom. The second kappa shape index (κ2) is 8.47. The molecule has 0 bridgehead atoms. The molecule has 152 valence electrons.